The number of aryl methyl sites for hydroxylation is 1. The standard InChI is InChI=1S/C11H12O4/c1-2-7-5-8(11(12)13)10-9(6-7)14-3-4-15-10/h5-6H,2-4H2,1H3,(H,12,13). The normalized spacial score (nSPS) is 13.7. The Morgan fingerprint density at radius 1 is 1.40 bits per heavy atom. The van der Waals surface area contributed by atoms with Gasteiger partial charge in [-0.25, -0.2) is 4.79 Å². The zero-order valence-electron chi connectivity index (χ0n) is 8.45. The van der Waals surface area contributed by atoms with Crippen molar-refractivity contribution in [3.8, 4) is 11.5 Å². The second kappa shape index (κ2) is 3.81. The molecule has 0 saturated heterocycles. The Morgan fingerprint density at radius 3 is 2.80 bits per heavy atom. The summed E-state index contributed by atoms with van der Waals surface area (Å²) in [5, 5.41) is 9.03. The van der Waals surface area contributed by atoms with Crippen molar-refractivity contribution < 1.29 is 19.4 Å². The van der Waals surface area contributed by atoms with Crippen LogP contribution in [0.2, 0.25) is 0 Å². The average Bonchev–Trinajstić information content (AvgIpc) is 2.27. The number of hydrogen-bond donors (Lipinski definition) is 1. The van der Waals surface area contributed by atoms with Crippen LogP contribution in [0.25, 0.3) is 0 Å². The van der Waals surface area contributed by atoms with Gasteiger partial charge < -0.3 is 14.6 Å². The van der Waals surface area contributed by atoms with Crippen LogP contribution in [0, 0.1) is 0 Å². The topological polar surface area (TPSA) is 55.8 Å². The molecule has 0 radical (unpaired) electrons. The summed E-state index contributed by atoms with van der Waals surface area (Å²) in [5.74, 6) is -0.0870. The molecule has 0 unspecified atom stereocenters. The lowest BCUT2D eigenvalue weighted by molar-refractivity contribution is 0.0686. The second-order valence-corrected chi connectivity index (χ2v) is 3.33. The Morgan fingerprint density at radius 2 is 2.13 bits per heavy atom. The fourth-order valence-electron chi connectivity index (χ4n) is 1.57. The summed E-state index contributed by atoms with van der Waals surface area (Å²) >= 11 is 0. The van der Waals surface area contributed by atoms with Crippen molar-refractivity contribution in [1.82, 2.24) is 0 Å². The third kappa shape index (κ3) is 1.75. The molecule has 0 aromatic heterocycles. The minimum absolute atomic E-state index is 0.184. The Hall–Kier alpha value is -1.71. The van der Waals surface area contributed by atoms with Gasteiger partial charge in [-0.1, -0.05) is 6.92 Å². The summed E-state index contributed by atoms with van der Waals surface area (Å²) in [5.41, 5.74) is 1.13. The first-order valence-electron chi connectivity index (χ1n) is 4.88. The number of carboxylic acid groups (broad SMARTS) is 1. The highest BCUT2D eigenvalue weighted by Gasteiger charge is 2.21. The number of benzene rings is 1. The van der Waals surface area contributed by atoms with E-state index in [0.717, 1.165) is 12.0 Å². The van der Waals surface area contributed by atoms with E-state index in [1.807, 2.05) is 13.0 Å². The molecule has 15 heavy (non-hydrogen) atoms. The molecule has 0 aliphatic carbocycles. The third-order valence-electron chi connectivity index (χ3n) is 2.34. The van der Waals surface area contributed by atoms with Crippen molar-refractivity contribution in [3.05, 3.63) is 23.3 Å². The van der Waals surface area contributed by atoms with E-state index in [-0.39, 0.29) is 5.56 Å². The van der Waals surface area contributed by atoms with E-state index in [1.54, 1.807) is 6.07 Å². The molecule has 1 N–H and O–H groups in total. The smallest absolute Gasteiger partial charge is 0.339 e. The largest absolute Gasteiger partial charge is 0.486 e. The fourth-order valence-corrected chi connectivity index (χ4v) is 1.57. The number of hydrogen-bond acceptors (Lipinski definition) is 3. The van der Waals surface area contributed by atoms with Gasteiger partial charge in [0.2, 0.25) is 0 Å². The minimum atomic E-state index is -0.980. The summed E-state index contributed by atoms with van der Waals surface area (Å²) in [6, 6.07) is 3.47. The summed E-state index contributed by atoms with van der Waals surface area (Å²) in [4.78, 5) is 11.0. The monoisotopic (exact) mass is 208 g/mol. The first-order chi connectivity index (χ1) is 7.22. The zero-order valence-corrected chi connectivity index (χ0v) is 8.45. The molecule has 0 spiro atoms. The van der Waals surface area contributed by atoms with Crippen LogP contribution in [-0.2, 0) is 6.42 Å². The van der Waals surface area contributed by atoms with Gasteiger partial charge in [-0.2, -0.15) is 0 Å². The Labute approximate surface area is 87.4 Å². The highest BCUT2D eigenvalue weighted by atomic mass is 16.6. The van der Waals surface area contributed by atoms with Crippen molar-refractivity contribution in [3.63, 3.8) is 0 Å². The minimum Gasteiger partial charge on any atom is -0.486 e. The van der Waals surface area contributed by atoms with Gasteiger partial charge in [0.15, 0.2) is 11.5 Å². The van der Waals surface area contributed by atoms with Crippen molar-refractivity contribution in [2.24, 2.45) is 0 Å². The lowest BCUT2D eigenvalue weighted by Crippen LogP contribution is -2.18. The molecule has 1 aliphatic rings. The average molecular weight is 208 g/mol. The maximum absolute atomic E-state index is 11.0. The first kappa shape index (κ1) is 9.83. The predicted molar refractivity (Wildman–Crippen MR) is 53.8 cm³/mol. The third-order valence-corrected chi connectivity index (χ3v) is 2.34. The molecule has 0 atom stereocenters. The van der Waals surface area contributed by atoms with Crippen molar-refractivity contribution in [2.45, 2.75) is 13.3 Å². The molecule has 1 aliphatic heterocycles. The van der Waals surface area contributed by atoms with Crippen LogP contribution in [0.3, 0.4) is 0 Å². The highest BCUT2D eigenvalue weighted by molar-refractivity contribution is 5.92. The highest BCUT2D eigenvalue weighted by Crippen LogP contribution is 2.35. The first-order valence-corrected chi connectivity index (χ1v) is 4.88. The quantitative estimate of drug-likeness (QED) is 0.803. The van der Waals surface area contributed by atoms with Gasteiger partial charge in [-0.3, -0.25) is 0 Å². The summed E-state index contributed by atoms with van der Waals surface area (Å²) in [6.07, 6.45) is 0.775. The second-order valence-electron chi connectivity index (χ2n) is 3.33. The molecule has 0 bridgehead atoms. The lowest BCUT2D eigenvalue weighted by Gasteiger charge is -2.20. The van der Waals surface area contributed by atoms with E-state index >= 15 is 0 Å². The number of ether oxygens (including phenoxy) is 2. The Bertz CT molecular complexity index is 398. The molecule has 0 fully saturated rings. The number of rotatable bonds is 2. The van der Waals surface area contributed by atoms with Gasteiger partial charge in [0.05, 0.1) is 0 Å². The summed E-state index contributed by atoms with van der Waals surface area (Å²) in [7, 11) is 0. The Kier molecular flexibility index (Phi) is 2.49. The maximum Gasteiger partial charge on any atom is 0.339 e. The maximum atomic E-state index is 11.0. The van der Waals surface area contributed by atoms with Crippen molar-refractivity contribution in [2.75, 3.05) is 13.2 Å². The number of fused-ring (bicyclic) bond motifs is 1. The molecule has 80 valence electrons. The van der Waals surface area contributed by atoms with E-state index in [2.05, 4.69) is 0 Å². The van der Waals surface area contributed by atoms with E-state index < -0.39 is 5.97 Å². The van der Waals surface area contributed by atoms with Gasteiger partial charge in [-0.05, 0) is 24.1 Å². The molecule has 0 amide bonds. The van der Waals surface area contributed by atoms with Gasteiger partial charge in [-0.15, -0.1) is 0 Å². The summed E-state index contributed by atoms with van der Waals surface area (Å²) < 4.78 is 10.7. The van der Waals surface area contributed by atoms with Crippen LogP contribution in [0.15, 0.2) is 12.1 Å². The van der Waals surface area contributed by atoms with Crippen LogP contribution in [0.1, 0.15) is 22.8 Å². The fraction of sp³-hybridized carbons (Fsp3) is 0.364. The van der Waals surface area contributed by atoms with Crippen LogP contribution in [0.4, 0.5) is 0 Å². The van der Waals surface area contributed by atoms with E-state index in [0.29, 0.717) is 24.7 Å². The van der Waals surface area contributed by atoms with Gasteiger partial charge in [0, 0.05) is 0 Å². The predicted octanol–water partition coefficient (Wildman–Crippen LogP) is 1.72. The molecule has 1 aromatic rings. The molecular weight excluding hydrogens is 196 g/mol. The van der Waals surface area contributed by atoms with E-state index in [4.69, 9.17) is 14.6 Å². The molecule has 4 heteroatoms. The van der Waals surface area contributed by atoms with Crippen molar-refractivity contribution >= 4 is 5.97 Å². The SMILES string of the molecule is CCc1cc2c(c(C(=O)O)c1)OCCO2. The lowest BCUT2D eigenvalue weighted by atomic mass is 10.1. The number of carbonyl (C=O) groups is 1. The molecule has 1 heterocycles. The van der Waals surface area contributed by atoms with Crippen molar-refractivity contribution in [1.29, 1.82) is 0 Å². The van der Waals surface area contributed by atoms with Gasteiger partial charge >= 0.3 is 5.97 Å². The summed E-state index contributed by atoms with van der Waals surface area (Å²) in [6.45, 7) is 2.84. The van der Waals surface area contributed by atoms with Crippen LogP contribution in [0.5, 0.6) is 11.5 Å². The molecular formula is C11H12O4. The zero-order chi connectivity index (χ0) is 10.8. The molecule has 1 aromatic carbocycles. The van der Waals surface area contributed by atoms with Gasteiger partial charge in [0.1, 0.15) is 18.8 Å². The van der Waals surface area contributed by atoms with E-state index in [1.165, 1.54) is 0 Å². The van der Waals surface area contributed by atoms with Crippen LogP contribution < -0.4 is 9.47 Å². The van der Waals surface area contributed by atoms with Crippen LogP contribution in [-0.4, -0.2) is 24.3 Å². The Balaban J connectivity index is 2.55. The molecule has 2 rings (SSSR count). The molecule has 0 saturated carbocycles. The van der Waals surface area contributed by atoms with E-state index in [9.17, 15) is 4.79 Å². The van der Waals surface area contributed by atoms with Gasteiger partial charge in [0.25, 0.3) is 0 Å². The number of aromatic carboxylic acids is 1. The number of carboxylic acids is 1. The molecule has 4 nitrogen and oxygen atoms in total. The van der Waals surface area contributed by atoms with Crippen LogP contribution >= 0.6 is 0 Å².